The molecule has 0 aromatic heterocycles. The lowest BCUT2D eigenvalue weighted by Gasteiger charge is -2.47. The molecular weight excluding hydrogens is 416 g/mol. The number of hydrogen-bond acceptors (Lipinski definition) is 8. The molecule has 1 aromatic carbocycles. The third-order valence-corrected chi connectivity index (χ3v) is 5.55. The maximum atomic E-state index is 12.5. The predicted molar refractivity (Wildman–Crippen MR) is 113 cm³/mol. The van der Waals surface area contributed by atoms with Gasteiger partial charge in [0.25, 0.3) is 0 Å². The first-order valence-corrected chi connectivity index (χ1v) is 11.1. The average molecular weight is 449 g/mol. The molecule has 2 heterocycles. The molecule has 0 bridgehead atoms. The summed E-state index contributed by atoms with van der Waals surface area (Å²) in [6, 6.07) is 10.4. The van der Waals surface area contributed by atoms with Crippen LogP contribution in [0.1, 0.15) is 50.9 Å². The van der Waals surface area contributed by atoms with Crippen molar-refractivity contribution < 1.29 is 34.0 Å². The molecule has 3 rings (SSSR count). The van der Waals surface area contributed by atoms with E-state index in [0.29, 0.717) is 6.42 Å². The number of carbonyl (C=O) groups is 1. The maximum Gasteiger partial charge on any atom is 0.220 e. The van der Waals surface area contributed by atoms with Crippen LogP contribution in [0, 0.1) is 11.3 Å². The van der Waals surface area contributed by atoms with Gasteiger partial charge in [-0.2, -0.15) is 5.26 Å². The summed E-state index contributed by atoms with van der Waals surface area (Å²) in [6.45, 7) is 2.05. The van der Waals surface area contributed by atoms with Gasteiger partial charge >= 0.3 is 0 Å². The Hall–Kier alpha value is -2.06. The van der Waals surface area contributed by atoms with Gasteiger partial charge in [-0.3, -0.25) is 4.79 Å². The standard InChI is InChI=1S/C23H32N2O7/c1-2-3-5-10-18(27)25-19-20(28)21-17(31-23(19)29-13-16(26)11-12-24)14-30-22(32-21)15-8-6-4-7-9-15/h4,6-9,16-17,19-23,26,28H,2-3,5,10-11,13-14H2,1H3,(H,25,27)/t16-,17-,19-,20-,21-,22?,23-/m1/s1. The van der Waals surface area contributed by atoms with Gasteiger partial charge in [0.2, 0.25) is 5.91 Å². The molecule has 9 heteroatoms. The number of carbonyl (C=O) groups excluding carboxylic acids is 1. The molecule has 32 heavy (non-hydrogen) atoms. The van der Waals surface area contributed by atoms with Crippen molar-refractivity contribution in [2.24, 2.45) is 0 Å². The number of nitrogens with zero attached hydrogens (tertiary/aromatic N) is 1. The van der Waals surface area contributed by atoms with Gasteiger partial charge in [0.15, 0.2) is 12.6 Å². The molecule has 1 amide bonds. The van der Waals surface area contributed by atoms with E-state index >= 15 is 0 Å². The highest BCUT2D eigenvalue weighted by molar-refractivity contribution is 5.76. The molecule has 3 N–H and O–H groups in total. The Morgan fingerprint density at radius 3 is 2.81 bits per heavy atom. The van der Waals surface area contributed by atoms with Crippen LogP contribution in [0.25, 0.3) is 0 Å². The van der Waals surface area contributed by atoms with Crippen molar-refractivity contribution in [3.05, 3.63) is 35.9 Å². The molecule has 1 aromatic rings. The van der Waals surface area contributed by atoms with E-state index < -0.39 is 43.0 Å². The number of hydrogen-bond donors (Lipinski definition) is 3. The van der Waals surface area contributed by atoms with Crippen LogP contribution in [-0.2, 0) is 23.7 Å². The van der Waals surface area contributed by atoms with Gasteiger partial charge in [0, 0.05) is 12.0 Å². The Morgan fingerprint density at radius 2 is 2.09 bits per heavy atom. The third kappa shape index (κ3) is 6.48. The monoisotopic (exact) mass is 448 g/mol. The highest BCUT2D eigenvalue weighted by Gasteiger charge is 2.50. The lowest BCUT2D eigenvalue weighted by Crippen LogP contribution is -2.67. The lowest BCUT2D eigenvalue weighted by atomic mass is 9.95. The number of amides is 1. The van der Waals surface area contributed by atoms with Gasteiger partial charge in [0.05, 0.1) is 31.8 Å². The van der Waals surface area contributed by atoms with Crippen LogP contribution in [-0.4, -0.2) is 66.1 Å². The molecule has 0 aliphatic carbocycles. The minimum absolute atomic E-state index is 0.0969. The van der Waals surface area contributed by atoms with E-state index in [2.05, 4.69) is 12.2 Å². The van der Waals surface area contributed by atoms with E-state index in [9.17, 15) is 15.0 Å². The summed E-state index contributed by atoms with van der Waals surface area (Å²) in [5.74, 6) is -0.220. The molecule has 2 aliphatic rings. The lowest BCUT2D eigenvalue weighted by molar-refractivity contribution is -0.345. The number of aliphatic hydroxyl groups excluding tert-OH is 2. The summed E-state index contributed by atoms with van der Waals surface area (Å²) < 4.78 is 23.4. The van der Waals surface area contributed by atoms with Crippen LogP contribution in [0.4, 0.5) is 0 Å². The van der Waals surface area contributed by atoms with Crippen molar-refractivity contribution in [2.75, 3.05) is 13.2 Å². The fraction of sp³-hybridized carbons (Fsp3) is 0.652. The van der Waals surface area contributed by atoms with Crippen LogP contribution >= 0.6 is 0 Å². The molecule has 2 fully saturated rings. The Kier molecular flexibility index (Phi) is 9.41. The fourth-order valence-electron chi connectivity index (χ4n) is 3.83. The van der Waals surface area contributed by atoms with Crippen LogP contribution in [0.5, 0.6) is 0 Å². The number of fused-ring (bicyclic) bond motifs is 1. The fourth-order valence-corrected chi connectivity index (χ4v) is 3.83. The zero-order valence-corrected chi connectivity index (χ0v) is 18.3. The van der Waals surface area contributed by atoms with Crippen molar-refractivity contribution in [2.45, 2.75) is 82.1 Å². The Labute approximate surface area is 188 Å². The molecule has 176 valence electrons. The van der Waals surface area contributed by atoms with Crippen molar-refractivity contribution >= 4 is 5.91 Å². The molecule has 0 saturated carbocycles. The van der Waals surface area contributed by atoms with E-state index in [1.165, 1.54) is 0 Å². The highest BCUT2D eigenvalue weighted by atomic mass is 16.7. The number of rotatable bonds is 10. The van der Waals surface area contributed by atoms with Crippen molar-refractivity contribution in [3.63, 3.8) is 0 Å². The minimum Gasteiger partial charge on any atom is -0.390 e. The zero-order chi connectivity index (χ0) is 22.9. The number of nitriles is 1. The maximum absolute atomic E-state index is 12.5. The Bertz CT molecular complexity index is 756. The van der Waals surface area contributed by atoms with Crippen LogP contribution in [0.15, 0.2) is 30.3 Å². The minimum atomic E-state index is -1.11. The zero-order valence-electron chi connectivity index (χ0n) is 18.3. The second-order valence-corrected chi connectivity index (χ2v) is 8.11. The quantitative estimate of drug-likeness (QED) is 0.460. The summed E-state index contributed by atoms with van der Waals surface area (Å²) in [5.41, 5.74) is 0.816. The second-order valence-electron chi connectivity index (χ2n) is 8.11. The second kappa shape index (κ2) is 12.3. The Morgan fingerprint density at radius 1 is 1.31 bits per heavy atom. The smallest absolute Gasteiger partial charge is 0.220 e. The number of aliphatic hydroxyl groups is 2. The van der Waals surface area contributed by atoms with Crippen molar-refractivity contribution in [1.82, 2.24) is 5.32 Å². The number of unbranched alkanes of at least 4 members (excludes halogenated alkanes) is 2. The molecular formula is C23H32N2O7. The summed E-state index contributed by atoms with van der Waals surface area (Å²) in [6.07, 6.45) is -2.25. The van der Waals surface area contributed by atoms with E-state index in [0.717, 1.165) is 24.8 Å². The first-order chi connectivity index (χ1) is 15.5. The number of nitrogens with one attached hydrogen (secondary N) is 1. The van der Waals surface area contributed by atoms with Crippen LogP contribution < -0.4 is 5.32 Å². The van der Waals surface area contributed by atoms with Gasteiger partial charge in [0.1, 0.15) is 24.4 Å². The largest absolute Gasteiger partial charge is 0.390 e. The van der Waals surface area contributed by atoms with E-state index in [1.54, 1.807) is 0 Å². The van der Waals surface area contributed by atoms with E-state index in [4.69, 9.17) is 24.2 Å². The predicted octanol–water partition coefficient (Wildman–Crippen LogP) is 1.54. The molecule has 2 aliphatic heterocycles. The van der Waals surface area contributed by atoms with E-state index in [-0.39, 0.29) is 25.5 Å². The first kappa shape index (κ1) is 24.6. The van der Waals surface area contributed by atoms with Gasteiger partial charge in [-0.15, -0.1) is 0 Å². The van der Waals surface area contributed by atoms with Crippen LogP contribution in [0.3, 0.4) is 0 Å². The summed E-state index contributed by atoms with van der Waals surface area (Å²) >= 11 is 0. The third-order valence-electron chi connectivity index (χ3n) is 5.55. The number of benzene rings is 1. The highest BCUT2D eigenvalue weighted by Crippen LogP contribution is 2.34. The average Bonchev–Trinajstić information content (AvgIpc) is 2.80. The normalized spacial score (nSPS) is 30.7. The number of ether oxygens (including phenoxy) is 4. The summed E-state index contributed by atoms with van der Waals surface area (Å²) in [7, 11) is 0. The van der Waals surface area contributed by atoms with E-state index in [1.807, 2.05) is 36.4 Å². The molecule has 1 unspecified atom stereocenters. The van der Waals surface area contributed by atoms with Crippen molar-refractivity contribution in [1.29, 1.82) is 5.26 Å². The summed E-state index contributed by atoms with van der Waals surface area (Å²) in [5, 5.41) is 32.5. The van der Waals surface area contributed by atoms with Gasteiger partial charge in [-0.25, -0.2) is 0 Å². The molecule has 2 saturated heterocycles. The SMILES string of the molecule is CCCCCC(=O)N[C@H]1[C@H](OC[C@H](O)CC#N)O[C@@H]2COC(c3ccccc3)O[C@H]2[C@@H]1O. The molecule has 0 spiro atoms. The van der Waals surface area contributed by atoms with Gasteiger partial charge in [-0.1, -0.05) is 50.1 Å². The first-order valence-electron chi connectivity index (χ1n) is 11.1. The molecule has 7 atom stereocenters. The van der Waals surface area contributed by atoms with Gasteiger partial charge in [-0.05, 0) is 6.42 Å². The summed E-state index contributed by atoms with van der Waals surface area (Å²) in [4.78, 5) is 12.5. The molecule has 0 radical (unpaired) electrons. The van der Waals surface area contributed by atoms with Crippen LogP contribution in [0.2, 0.25) is 0 Å². The Balaban J connectivity index is 1.69. The van der Waals surface area contributed by atoms with Crippen molar-refractivity contribution in [3.8, 4) is 6.07 Å². The molecule has 9 nitrogen and oxygen atoms in total. The van der Waals surface area contributed by atoms with Gasteiger partial charge < -0.3 is 34.5 Å². The topological polar surface area (TPSA) is 130 Å².